The molecule has 2 aliphatic rings. The number of carbonyl (C=O) groups is 1. The smallest absolute Gasteiger partial charge is 0.157 e. The van der Waals surface area contributed by atoms with Crippen LogP contribution >= 0.6 is 0 Å². The lowest BCUT2D eigenvalue weighted by Crippen LogP contribution is -2.21. The summed E-state index contributed by atoms with van der Waals surface area (Å²) in [6.45, 7) is 1.93. The van der Waals surface area contributed by atoms with E-state index in [0.29, 0.717) is 12.5 Å². The molecule has 2 heterocycles. The molecule has 102 valence electrons. The fourth-order valence-electron chi connectivity index (χ4n) is 2.71. The lowest BCUT2D eigenvalue weighted by Gasteiger charge is -2.22. The molecule has 0 radical (unpaired) electrons. The van der Waals surface area contributed by atoms with E-state index in [1.165, 1.54) is 32.1 Å². The lowest BCUT2D eigenvalue weighted by atomic mass is 10.0. The standard InChI is InChI=1S/C15H25NO2/c17-14(12-13-6-1-3-10-16-13)7-5-9-15-8-2-4-11-18-15/h12,15-16H,1-11H2/b13-12-. The Balaban J connectivity index is 1.61. The van der Waals surface area contributed by atoms with Gasteiger partial charge in [-0.2, -0.15) is 0 Å². The van der Waals surface area contributed by atoms with Gasteiger partial charge in [-0.3, -0.25) is 4.79 Å². The van der Waals surface area contributed by atoms with E-state index in [4.69, 9.17) is 4.74 Å². The van der Waals surface area contributed by atoms with Crippen LogP contribution in [-0.4, -0.2) is 25.0 Å². The number of ether oxygens (including phenoxy) is 1. The Morgan fingerprint density at radius 2 is 2.28 bits per heavy atom. The minimum absolute atomic E-state index is 0.273. The fourth-order valence-corrected chi connectivity index (χ4v) is 2.71. The van der Waals surface area contributed by atoms with Crippen LogP contribution in [0.2, 0.25) is 0 Å². The maximum absolute atomic E-state index is 11.8. The van der Waals surface area contributed by atoms with E-state index in [-0.39, 0.29) is 5.78 Å². The highest BCUT2D eigenvalue weighted by Gasteiger charge is 2.14. The Kier molecular flexibility index (Phi) is 5.72. The van der Waals surface area contributed by atoms with Crippen LogP contribution in [0, 0.1) is 0 Å². The molecular formula is C15H25NO2. The molecule has 0 saturated carbocycles. The molecule has 1 unspecified atom stereocenters. The van der Waals surface area contributed by atoms with Crippen molar-refractivity contribution in [2.45, 2.75) is 63.9 Å². The number of ketones is 1. The molecule has 0 aromatic rings. The van der Waals surface area contributed by atoms with E-state index in [1.807, 2.05) is 6.08 Å². The molecule has 1 atom stereocenters. The van der Waals surface area contributed by atoms with Crippen LogP contribution in [0.25, 0.3) is 0 Å². The number of hydrogen-bond donors (Lipinski definition) is 1. The van der Waals surface area contributed by atoms with Crippen molar-refractivity contribution in [2.75, 3.05) is 13.2 Å². The zero-order valence-electron chi connectivity index (χ0n) is 11.2. The maximum atomic E-state index is 11.8. The molecule has 0 aromatic carbocycles. The fraction of sp³-hybridized carbons (Fsp3) is 0.800. The maximum Gasteiger partial charge on any atom is 0.157 e. The Morgan fingerprint density at radius 3 is 3.00 bits per heavy atom. The summed E-state index contributed by atoms with van der Waals surface area (Å²) in [5, 5.41) is 3.31. The average Bonchev–Trinajstić information content (AvgIpc) is 2.41. The molecular weight excluding hydrogens is 226 g/mol. The molecule has 18 heavy (non-hydrogen) atoms. The summed E-state index contributed by atoms with van der Waals surface area (Å²) in [6.07, 6.45) is 12.1. The number of nitrogens with one attached hydrogen (secondary N) is 1. The third-order valence-corrected chi connectivity index (χ3v) is 3.78. The van der Waals surface area contributed by atoms with Crippen molar-refractivity contribution in [1.82, 2.24) is 5.32 Å². The Hall–Kier alpha value is -0.830. The summed E-state index contributed by atoms with van der Waals surface area (Å²) in [4.78, 5) is 11.8. The van der Waals surface area contributed by atoms with Crippen molar-refractivity contribution in [3.63, 3.8) is 0 Å². The zero-order valence-corrected chi connectivity index (χ0v) is 11.2. The van der Waals surface area contributed by atoms with Gasteiger partial charge in [-0.25, -0.2) is 0 Å². The van der Waals surface area contributed by atoms with Gasteiger partial charge >= 0.3 is 0 Å². The largest absolute Gasteiger partial charge is 0.388 e. The summed E-state index contributed by atoms with van der Waals surface area (Å²) < 4.78 is 5.67. The van der Waals surface area contributed by atoms with Gasteiger partial charge in [0.05, 0.1) is 6.10 Å². The van der Waals surface area contributed by atoms with E-state index >= 15 is 0 Å². The highest BCUT2D eigenvalue weighted by Crippen LogP contribution is 2.18. The molecule has 0 amide bonds. The molecule has 0 aromatic heterocycles. The molecule has 2 aliphatic heterocycles. The van der Waals surface area contributed by atoms with Crippen molar-refractivity contribution < 1.29 is 9.53 Å². The SMILES string of the molecule is O=C(/C=C1/CCCCN1)CCCC1CCCCO1. The predicted molar refractivity (Wildman–Crippen MR) is 72.4 cm³/mol. The zero-order chi connectivity index (χ0) is 12.6. The van der Waals surface area contributed by atoms with Crippen LogP contribution in [0.4, 0.5) is 0 Å². The van der Waals surface area contributed by atoms with Crippen LogP contribution in [0.5, 0.6) is 0 Å². The molecule has 1 N–H and O–H groups in total. The number of piperidine rings is 1. The first kappa shape index (κ1) is 13.6. The van der Waals surface area contributed by atoms with Crippen LogP contribution in [0.1, 0.15) is 57.8 Å². The Labute approximate surface area is 110 Å². The second kappa shape index (κ2) is 7.57. The van der Waals surface area contributed by atoms with Gasteiger partial charge in [0.1, 0.15) is 0 Å². The number of allylic oxidation sites excluding steroid dienone is 2. The first-order valence-corrected chi connectivity index (χ1v) is 7.43. The summed E-state index contributed by atoms with van der Waals surface area (Å²) in [5.74, 6) is 0.273. The topological polar surface area (TPSA) is 38.3 Å². The van der Waals surface area contributed by atoms with Crippen molar-refractivity contribution in [3.8, 4) is 0 Å². The quantitative estimate of drug-likeness (QED) is 0.763. The lowest BCUT2D eigenvalue weighted by molar-refractivity contribution is -0.114. The molecule has 0 aliphatic carbocycles. The van der Waals surface area contributed by atoms with E-state index in [0.717, 1.165) is 38.1 Å². The van der Waals surface area contributed by atoms with Crippen LogP contribution in [0.15, 0.2) is 11.8 Å². The summed E-state index contributed by atoms with van der Waals surface area (Å²) in [6, 6.07) is 0. The van der Waals surface area contributed by atoms with Crippen molar-refractivity contribution >= 4 is 5.78 Å². The number of rotatable bonds is 5. The summed E-state index contributed by atoms with van der Waals surface area (Å²) >= 11 is 0. The first-order valence-electron chi connectivity index (χ1n) is 7.43. The summed E-state index contributed by atoms with van der Waals surface area (Å²) in [5.41, 5.74) is 1.14. The van der Waals surface area contributed by atoms with Gasteiger partial charge in [-0.1, -0.05) is 0 Å². The highest BCUT2D eigenvalue weighted by molar-refractivity contribution is 5.90. The van der Waals surface area contributed by atoms with Crippen molar-refractivity contribution in [3.05, 3.63) is 11.8 Å². The predicted octanol–water partition coefficient (Wildman–Crippen LogP) is 2.95. The van der Waals surface area contributed by atoms with E-state index in [2.05, 4.69) is 5.32 Å². The molecule has 2 rings (SSSR count). The highest BCUT2D eigenvalue weighted by atomic mass is 16.5. The van der Waals surface area contributed by atoms with Crippen LogP contribution < -0.4 is 5.32 Å². The minimum Gasteiger partial charge on any atom is -0.388 e. The van der Waals surface area contributed by atoms with E-state index in [1.54, 1.807) is 0 Å². The van der Waals surface area contributed by atoms with Gasteiger partial charge in [0.2, 0.25) is 0 Å². The number of carbonyl (C=O) groups excluding carboxylic acids is 1. The van der Waals surface area contributed by atoms with E-state index in [9.17, 15) is 4.79 Å². The molecule has 3 heteroatoms. The molecule has 2 saturated heterocycles. The second-order valence-corrected chi connectivity index (χ2v) is 5.40. The van der Waals surface area contributed by atoms with E-state index < -0.39 is 0 Å². The average molecular weight is 251 g/mol. The Morgan fingerprint density at radius 1 is 1.33 bits per heavy atom. The van der Waals surface area contributed by atoms with Gasteiger partial charge in [0.15, 0.2) is 5.78 Å². The second-order valence-electron chi connectivity index (χ2n) is 5.40. The van der Waals surface area contributed by atoms with Gasteiger partial charge < -0.3 is 10.1 Å². The molecule has 0 spiro atoms. The molecule has 0 bridgehead atoms. The van der Waals surface area contributed by atoms with Gasteiger partial charge in [-0.05, 0) is 51.4 Å². The van der Waals surface area contributed by atoms with Crippen molar-refractivity contribution in [2.24, 2.45) is 0 Å². The third kappa shape index (κ3) is 4.81. The minimum atomic E-state index is 0.273. The normalized spacial score (nSPS) is 26.9. The van der Waals surface area contributed by atoms with Crippen LogP contribution in [-0.2, 0) is 9.53 Å². The van der Waals surface area contributed by atoms with Gasteiger partial charge in [0, 0.05) is 31.3 Å². The van der Waals surface area contributed by atoms with Gasteiger partial charge in [0.25, 0.3) is 0 Å². The monoisotopic (exact) mass is 251 g/mol. The number of hydrogen-bond acceptors (Lipinski definition) is 3. The van der Waals surface area contributed by atoms with Crippen LogP contribution in [0.3, 0.4) is 0 Å². The first-order chi connectivity index (χ1) is 8.84. The van der Waals surface area contributed by atoms with Gasteiger partial charge in [-0.15, -0.1) is 0 Å². The third-order valence-electron chi connectivity index (χ3n) is 3.78. The molecule has 3 nitrogen and oxygen atoms in total. The Bertz CT molecular complexity index is 285. The molecule has 2 fully saturated rings. The van der Waals surface area contributed by atoms with Crippen molar-refractivity contribution in [1.29, 1.82) is 0 Å². The summed E-state index contributed by atoms with van der Waals surface area (Å²) in [7, 11) is 0.